The van der Waals surface area contributed by atoms with Crippen LogP contribution in [0.5, 0.6) is 0 Å². The van der Waals surface area contributed by atoms with Crippen molar-refractivity contribution in [3.05, 3.63) is 16.5 Å². The van der Waals surface area contributed by atoms with Crippen molar-refractivity contribution in [3.63, 3.8) is 0 Å². The molecule has 1 aromatic rings. The van der Waals surface area contributed by atoms with Crippen LogP contribution >= 0.6 is 22.9 Å². The lowest BCUT2D eigenvalue weighted by Crippen LogP contribution is -2.59. The largest absolute Gasteiger partial charge is 0.433 e. The summed E-state index contributed by atoms with van der Waals surface area (Å²) in [5.41, 5.74) is 0. The Labute approximate surface area is 123 Å². The smallest absolute Gasteiger partial charge is 0.359 e. The summed E-state index contributed by atoms with van der Waals surface area (Å²) in [5.74, 6) is 0. The van der Waals surface area contributed by atoms with Gasteiger partial charge in [0.2, 0.25) is 0 Å². The zero-order valence-corrected chi connectivity index (χ0v) is 16.8. The molecule has 0 aliphatic rings. The highest BCUT2D eigenvalue weighted by Crippen LogP contribution is 2.25. The van der Waals surface area contributed by atoms with Crippen molar-refractivity contribution in [2.75, 3.05) is 0 Å². The third kappa shape index (κ3) is 5.28. The van der Waals surface area contributed by atoms with Gasteiger partial charge in [-0.05, 0) is 58.0 Å². The first-order chi connectivity index (χ1) is 7.91. The number of rotatable bonds is 5. The fourth-order valence-electron chi connectivity index (χ4n) is 1.85. The van der Waals surface area contributed by atoms with Crippen LogP contribution in [0.4, 0.5) is 0 Å². The van der Waals surface area contributed by atoms with Crippen LogP contribution in [-0.2, 0) is 8.23 Å². The van der Waals surface area contributed by atoms with Gasteiger partial charge in [0.25, 0.3) is 0 Å². The molecule has 1 aromatic heterocycles. The molecular formula is C11H23ClO2SSi3. The second kappa shape index (κ2) is 5.51. The maximum absolute atomic E-state index is 6.44. The Balaban J connectivity index is 3.09. The van der Waals surface area contributed by atoms with Gasteiger partial charge >= 0.3 is 8.56 Å². The summed E-state index contributed by atoms with van der Waals surface area (Å²) in [6.07, 6.45) is 0. The lowest BCUT2D eigenvalue weighted by atomic mass is 10.7. The van der Waals surface area contributed by atoms with Crippen LogP contribution < -0.4 is 4.50 Å². The fraction of sp³-hybridized carbons (Fsp3) is 0.636. The van der Waals surface area contributed by atoms with Crippen LogP contribution in [0.25, 0.3) is 0 Å². The summed E-state index contributed by atoms with van der Waals surface area (Å²) in [4.78, 5) is 0. The van der Waals surface area contributed by atoms with Gasteiger partial charge in [0.05, 0.1) is 4.34 Å². The van der Waals surface area contributed by atoms with Gasteiger partial charge in [-0.1, -0.05) is 11.6 Å². The molecule has 18 heavy (non-hydrogen) atoms. The van der Waals surface area contributed by atoms with E-state index in [0.29, 0.717) is 0 Å². The lowest BCUT2D eigenvalue weighted by Gasteiger charge is -2.37. The van der Waals surface area contributed by atoms with E-state index in [1.807, 2.05) is 6.07 Å². The number of halogens is 1. The van der Waals surface area contributed by atoms with Crippen LogP contribution in [0.2, 0.25) is 50.2 Å². The van der Waals surface area contributed by atoms with Crippen molar-refractivity contribution in [1.29, 1.82) is 0 Å². The molecule has 0 bridgehead atoms. The minimum absolute atomic E-state index is 0.807. The molecule has 0 fully saturated rings. The monoisotopic (exact) mass is 338 g/mol. The second-order valence-electron chi connectivity index (χ2n) is 6.48. The van der Waals surface area contributed by atoms with Gasteiger partial charge in [0, 0.05) is 4.50 Å². The number of hydrogen-bond donors (Lipinski definition) is 0. The molecular weight excluding hydrogens is 316 g/mol. The zero-order chi connectivity index (χ0) is 14.2. The summed E-state index contributed by atoms with van der Waals surface area (Å²) in [6.45, 7) is 15.4. The lowest BCUT2D eigenvalue weighted by molar-refractivity contribution is 0.406. The third-order valence-corrected chi connectivity index (χ3v) is 13.6. The molecule has 0 unspecified atom stereocenters. The van der Waals surface area contributed by atoms with E-state index < -0.39 is 25.2 Å². The molecule has 0 spiro atoms. The summed E-state index contributed by atoms with van der Waals surface area (Å²) < 4.78 is 14.9. The molecule has 0 amide bonds. The SMILES string of the molecule is C[Si](C)(C)O[Si](C)(O[Si](C)(C)C)c1ccc(Cl)s1. The highest BCUT2D eigenvalue weighted by atomic mass is 35.5. The molecule has 0 aromatic carbocycles. The van der Waals surface area contributed by atoms with Gasteiger partial charge in [0.15, 0.2) is 16.6 Å². The van der Waals surface area contributed by atoms with Gasteiger partial charge in [-0.2, -0.15) is 0 Å². The summed E-state index contributed by atoms with van der Waals surface area (Å²) >= 11 is 7.66. The molecule has 1 heterocycles. The molecule has 0 aliphatic heterocycles. The molecule has 2 nitrogen and oxygen atoms in total. The molecule has 0 saturated carbocycles. The van der Waals surface area contributed by atoms with Crippen LogP contribution in [0, 0.1) is 0 Å². The summed E-state index contributed by atoms with van der Waals surface area (Å²) in [7, 11) is -5.60. The van der Waals surface area contributed by atoms with Gasteiger partial charge in [-0.3, -0.25) is 0 Å². The van der Waals surface area contributed by atoms with E-state index in [1.54, 1.807) is 11.3 Å². The van der Waals surface area contributed by atoms with Crippen molar-refractivity contribution in [3.8, 4) is 0 Å². The summed E-state index contributed by atoms with van der Waals surface area (Å²) in [5, 5.41) is 0. The van der Waals surface area contributed by atoms with E-state index in [9.17, 15) is 0 Å². The van der Waals surface area contributed by atoms with Crippen molar-refractivity contribution < 1.29 is 8.23 Å². The van der Waals surface area contributed by atoms with E-state index in [1.165, 1.54) is 4.50 Å². The first-order valence-electron chi connectivity index (χ1n) is 6.07. The van der Waals surface area contributed by atoms with E-state index >= 15 is 0 Å². The normalized spacial score (nSPS) is 14.0. The fourth-order valence-corrected chi connectivity index (χ4v) is 15.7. The Kier molecular flexibility index (Phi) is 5.09. The Hall–Kier alpha value is 0.561. The van der Waals surface area contributed by atoms with Crippen LogP contribution in [0.3, 0.4) is 0 Å². The van der Waals surface area contributed by atoms with Crippen LogP contribution in [0.1, 0.15) is 0 Å². The Morgan fingerprint density at radius 2 is 1.33 bits per heavy atom. The molecule has 0 aliphatic carbocycles. The topological polar surface area (TPSA) is 18.5 Å². The number of hydrogen-bond acceptors (Lipinski definition) is 3. The minimum atomic E-state index is -2.32. The average molecular weight is 339 g/mol. The molecule has 1 rings (SSSR count). The maximum atomic E-state index is 6.44. The van der Waals surface area contributed by atoms with Crippen molar-refractivity contribution in [2.45, 2.75) is 45.8 Å². The van der Waals surface area contributed by atoms with Gasteiger partial charge in [0.1, 0.15) is 0 Å². The quantitative estimate of drug-likeness (QED) is 0.741. The minimum Gasteiger partial charge on any atom is -0.433 e. The molecule has 0 atom stereocenters. The number of thiophene rings is 1. The standard InChI is InChI=1S/C11H23ClO2SSi3/c1-16(2,3)13-18(7,14-17(4,5)6)11-9-8-10(12)15-11/h8-9H,1-7H3. The highest BCUT2D eigenvalue weighted by molar-refractivity contribution is 7.28. The van der Waals surface area contributed by atoms with Gasteiger partial charge in [-0.15, -0.1) is 11.3 Å². The predicted molar refractivity (Wildman–Crippen MR) is 89.4 cm³/mol. The Morgan fingerprint density at radius 3 is 1.61 bits per heavy atom. The van der Waals surface area contributed by atoms with E-state index in [4.69, 9.17) is 19.8 Å². The molecule has 0 saturated heterocycles. The third-order valence-electron chi connectivity index (χ3n) is 2.02. The predicted octanol–water partition coefficient (Wildman–Crippen LogP) is 4.38. The van der Waals surface area contributed by atoms with Crippen molar-refractivity contribution in [1.82, 2.24) is 0 Å². The molecule has 0 N–H and O–H groups in total. The van der Waals surface area contributed by atoms with E-state index in [0.717, 1.165) is 4.34 Å². The first kappa shape index (κ1) is 16.6. The van der Waals surface area contributed by atoms with Crippen molar-refractivity contribution >= 4 is 52.6 Å². The average Bonchev–Trinajstić information content (AvgIpc) is 2.44. The molecule has 7 heteroatoms. The van der Waals surface area contributed by atoms with Crippen LogP contribution in [-0.4, -0.2) is 25.2 Å². The molecule has 104 valence electrons. The molecule has 0 radical (unpaired) electrons. The zero-order valence-electron chi connectivity index (χ0n) is 12.3. The van der Waals surface area contributed by atoms with E-state index in [-0.39, 0.29) is 0 Å². The van der Waals surface area contributed by atoms with Crippen LogP contribution in [0.15, 0.2) is 12.1 Å². The second-order valence-corrected chi connectivity index (χ2v) is 21.1. The van der Waals surface area contributed by atoms with Gasteiger partial charge < -0.3 is 8.23 Å². The van der Waals surface area contributed by atoms with Crippen molar-refractivity contribution in [2.24, 2.45) is 0 Å². The first-order valence-corrected chi connectivity index (χ1v) is 16.4. The van der Waals surface area contributed by atoms with E-state index in [2.05, 4.69) is 51.9 Å². The van der Waals surface area contributed by atoms with Gasteiger partial charge in [-0.25, -0.2) is 0 Å². The maximum Gasteiger partial charge on any atom is 0.359 e. The highest BCUT2D eigenvalue weighted by Gasteiger charge is 2.43. The Morgan fingerprint density at radius 1 is 0.889 bits per heavy atom. The summed E-state index contributed by atoms with van der Waals surface area (Å²) in [6, 6.07) is 4.01. The Bertz CT molecular complexity index is 393.